The average Bonchev–Trinajstić information content (AvgIpc) is 2.94. The first kappa shape index (κ1) is 9.11. The largest absolute Gasteiger partial charge is 0.439 e. The second-order valence-electron chi connectivity index (χ2n) is 3.42. The minimum absolute atomic E-state index is 0.306. The summed E-state index contributed by atoms with van der Waals surface area (Å²) in [6.07, 6.45) is 5.28. The van der Waals surface area contributed by atoms with Crippen molar-refractivity contribution in [2.75, 3.05) is 0 Å². The van der Waals surface area contributed by atoms with Crippen LogP contribution in [-0.4, -0.2) is 15.0 Å². The smallest absolute Gasteiger partial charge is 0.208 e. The number of pyridine rings is 1. The summed E-state index contributed by atoms with van der Waals surface area (Å²) in [7, 11) is 0. The predicted octanol–water partition coefficient (Wildman–Crippen LogP) is 1.68. The Morgan fingerprint density at radius 2 is 2.31 bits per heavy atom. The summed E-state index contributed by atoms with van der Waals surface area (Å²) in [6.45, 7) is 0.306. The van der Waals surface area contributed by atoms with E-state index in [1.54, 1.807) is 12.4 Å². The van der Waals surface area contributed by atoms with Gasteiger partial charge in [-0.05, 0) is 12.1 Å². The third-order valence-corrected chi connectivity index (χ3v) is 2.44. The lowest BCUT2D eigenvalue weighted by molar-refractivity contribution is 0.510. The number of rotatable bonds is 2. The summed E-state index contributed by atoms with van der Waals surface area (Å²) in [5.41, 5.74) is 7.24. The van der Waals surface area contributed by atoms with Crippen LogP contribution in [0.4, 0.5) is 0 Å². The molecule has 0 fully saturated rings. The Labute approximate surface area is 91.3 Å². The standard InChI is InChI=1S/C11H10N4O/c12-4-10-14-6-9(16-10)8-5-15-11-7(8)2-1-3-13-11/h1-3,5-6H,4,12H2,(H,13,15). The van der Waals surface area contributed by atoms with E-state index in [0.717, 1.165) is 16.6 Å². The number of hydrogen-bond donors (Lipinski definition) is 2. The Hall–Kier alpha value is -2.14. The molecule has 0 aliphatic carbocycles. The molecule has 0 atom stereocenters. The normalized spacial score (nSPS) is 11.1. The summed E-state index contributed by atoms with van der Waals surface area (Å²) < 4.78 is 5.50. The fourth-order valence-electron chi connectivity index (χ4n) is 1.69. The zero-order valence-corrected chi connectivity index (χ0v) is 8.47. The van der Waals surface area contributed by atoms with E-state index in [0.29, 0.717) is 18.2 Å². The highest BCUT2D eigenvalue weighted by molar-refractivity contribution is 5.91. The van der Waals surface area contributed by atoms with E-state index in [-0.39, 0.29) is 0 Å². The van der Waals surface area contributed by atoms with E-state index < -0.39 is 0 Å². The van der Waals surface area contributed by atoms with Gasteiger partial charge < -0.3 is 15.1 Å². The van der Waals surface area contributed by atoms with Crippen LogP contribution in [0.1, 0.15) is 5.89 Å². The number of aromatic amines is 1. The predicted molar refractivity (Wildman–Crippen MR) is 59.5 cm³/mol. The van der Waals surface area contributed by atoms with Gasteiger partial charge in [-0.25, -0.2) is 9.97 Å². The van der Waals surface area contributed by atoms with Gasteiger partial charge in [0.15, 0.2) is 5.76 Å². The van der Waals surface area contributed by atoms with Crippen LogP contribution >= 0.6 is 0 Å². The van der Waals surface area contributed by atoms with Crippen LogP contribution in [0.2, 0.25) is 0 Å². The lowest BCUT2D eigenvalue weighted by Crippen LogP contribution is -1.94. The third-order valence-electron chi connectivity index (χ3n) is 2.44. The van der Waals surface area contributed by atoms with Crippen LogP contribution in [0, 0.1) is 0 Å². The fourth-order valence-corrected chi connectivity index (χ4v) is 1.69. The molecule has 3 aromatic heterocycles. The van der Waals surface area contributed by atoms with Crippen molar-refractivity contribution in [2.45, 2.75) is 6.54 Å². The highest BCUT2D eigenvalue weighted by Gasteiger charge is 2.10. The number of H-pyrrole nitrogens is 1. The minimum atomic E-state index is 0.306. The first-order valence-corrected chi connectivity index (χ1v) is 4.96. The maximum absolute atomic E-state index is 5.50. The molecule has 0 bridgehead atoms. The molecule has 80 valence electrons. The molecular formula is C11H10N4O. The van der Waals surface area contributed by atoms with Crippen molar-refractivity contribution in [1.29, 1.82) is 0 Å². The minimum Gasteiger partial charge on any atom is -0.439 e. The highest BCUT2D eigenvalue weighted by Crippen LogP contribution is 2.27. The Kier molecular flexibility index (Phi) is 1.97. The van der Waals surface area contributed by atoms with Gasteiger partial charge in [-0.1, -0.05) is 0 Å². The molecule has 3 heterocycles. The maximum atomic E-state index is 5.50. The molecule has 3 rings (SSSR count). The Bertz CT molecular complexity index is 625. The molecule has 0 unspecified atom stereocenters. The van der Waals surface area contributed by atoms with Gasteiger partial charge in [-0.2, -0.15) is 0 Å². The number of nitrogens with zero attached hydrogens (tertiary/aromatic N) is 2. The van der Waals surface area contributed by atoms with Crippen LogP contribution in [-0.2, 0) is 6.54 Å². The quantitative estimate of drug-likeness (QED) is 0.680. The van der Waals surface area contributed by atoms with Gasteiger partial charge >= 0.3 is 0 Å². The molecule has 0 spiro atoms. The van der Waals surface area contributed by atoms with Gasteiger partial charge in [-0.3, -0.25) is 0 Å². The van der Waals surface area contributed by atoms with Crippen molar-refractivity contribution in [3.63, 3.8) is 0 Å². The van der Waals surface area contributed by atoms with Crippen LogP contribution in [0.15, 0.2) is 35.1 Å². The third kappa shape index (κ3) is 1.30. The number of nitrogens with one attached hydrogen (secondary N) is 1. The second kappa shape index (κ2) is 3.46. The number of fused-ring (bicyclic) bond motifs is 1. The number of aromatic nitrogens is 3. The Morgan fingerprint density at radius 3 is 3.12 bits per heavy atom. The fraction of sp³-hybridized carbons (Fsp3) is 0.0909. The van der Waals surface area contributed by atoms with Gasteiger partial charge in [0.25, 0.3) is 0 Å². The summed E-state index contributed by atoms with van der Waals surface area (Å²) >= 11 is 0. The van der Waals surface area contributed by atoms with Gasteiger partial charge in [0, 0.05) is 23.3 Å². The van der Waals surface area contributed by atoms with E-state index in [9.17, 15) is 0 Å². The van der Waals surface area contributed by atoms with Crippen molar-refractivity contribution in [3.05, 3.63) is 36.6 Å². The molecule has 0 aromatic carbocycles. The first-order valence-electron chi connectivity index (χ1n) is 4.96. The zero-order valence-electron chi connectivity index (χ0n) is 8.47. The summed E-state index contributed by atoms with van der Waals surface area (Å²) in [6, 6.07) is 3.87. The van der Waals surface area contributed by atoms with E-state index in [1.165, 1.54) is 0 Å². The molecule has 5 nitrogen and oxygen atoms in total. The molecule has 0 saturated heterocycles. The zero-order chi connectivity index (χ0) is 11.0. The summed E-state index contributed by atoms with van der Waals surface area (Å²) in [4.78, 5) is 11.4. The second-order valence-corrected chi connectivity index (χ2v) is 3.42. The average molecular weight is 214 g/mol. The van der Waals surface area contributed by atoms with E-state index in [1.807, 2.05) is 18.3 Å². The van der Waals surface area contributed by atoms with Crippen LogP contribution in [0.25, 0.3) is 22.4 Å². The van der Waals surface area contributed by atoms with Crippen molar-refractivity contribution < 1.29 is 4.42 Å². The topological polar surface area (TPSA) is 80.7 Å². The first-order chi connectivity index (χ1) is 7.88. The monoisotopic (exact) mass is 214 g/mol. The van der Waals surface area contributed by atoms with Crippen molar-refractivity contribution in [1.82, 2.24) is 15.0 Å². The molecule has 3 N–H and O–H groups in total. The Balaban J connectivity index is 2.18. The number of nitrogens with two attached hydrogens (primary N) is 1. The van der Waals surface area contributed by atoms with Crippen molar-refractivity contribution in [2.24, 2.45) is 5.73 Å². The molecule has 0 aliphatic rings. The van der Waals surface area contributed by atoms with E-state index in [2.05, 4.69) is 15.0 Å². The van der Waals surface area contributed by atoms with E-state index in [4.69, 9.17) is 10.2 Å². The highest BCUT2D eigenvalue weighted by atomic mass is 16.4. The van der Waals surface area contributed by atoms with Crippen molar-refractivity contribution >= 4 is 11.0 Å². The van der Waals surface area contributed by atoms with Crippen LogP contribution in [0.5, 0.6) is 0 Å². The molecule has 0 amide bonds. The van der Waals surface area contributed by atoms with Crippen LogP contribution < -0.4 is 5.73 Å². The lowest BCUT2D eigenvalue weighted by atomic mass is 10.2. The molecule has 0 radical (unpaired) electrons. The van der Waals surface area contributed by atoms with E-state index >= 15 is 0 Å². The molecule has 3 aromatic rings. The molecule has 0 saturated carbocycles. The molecule has 16 heavy (non-hydrogen) atoms. The number of hydrogen-bond acceptors (Lipinski definition) is 4. The molecular weight excluding hydrogens is 204 g/mol. The van der Waals surface area contributed by atoms with Gasteiger partial charge in [-0.15, -0.1) is 0 Å². The molecule has 0 aliphatic heterocycles. The number of oxazole rings is 1. The van der Waals surface area contributed by atoms with Gasteiger partial charge in [0.1, 0.15) is 5.65 Å². The van der Waals surface area contributed by atoms with Crippen LogP contribution in [0.3, 0.4) is 0 Å². The summed E-state index contributed by atoms with van der Waals surface area (Å²) in [5.74, 6) is 1.24. The Morgan fingerprint density at radius 1 is 1.38 bits per heavy atom. The van der Waals surface area contributed by atoms with Crippen molar-refractivity contribution in [3.8, 4) is 11.3 Å². The summed E-state index contributed by atoms with van der Waals surface area (Å²) in [5, 5.41) is 1.02. The molecule has 5 heteroatoms. The maximum Gasteiger partial charge on any atom is 0.208 e. The SMILES string of the molecule is NCc1ncc(-c2c[nH]c3ncccc23)o1. The lowest BCUT2D eigenvalue weighted by Gasteiger charge is -1.92. The van der Waals surface area contributed by atoms with Gasteiger partial charge in [0.05, 0.1) is 12.7 Å². The van der Waals surface area contributed by atoms with Gasteiger partial charge in [0.2, 0.25) is 5.89 Å².